The van der Waals surface area contributed by atoms with Gasteiger partial charge in [0.2, 0.25) is 0 Å². The highest BCUT2D eigenvalue weighted by Crippen LogP contribution is 2.23. The quantitative estimate of drug-likeness (QED) is 0.487. The fourth-order valence-corrected chi connectivity index (χ4v) is 2.72. The highest BCUT2D eigenvalue weighted by molar-refractivity contribution is 6.30. The average molecular weight is 393 g/mol. The molecule has 0 saturated carbocycles. The number of rotatable bonds is 4. The molecule has 0 N–H and O–H groups in total. The van der Waals surface area contributed by atoms with Crippen molar-refractivity contribution in [1.29, 1.82) is 0 Å². The van der Waals surface area contributed by atoms with E-state index in [-0.39, 0.29) is 0 Å². The summed E-state index contributed by atoms with van der Waals surface area (Å²) in [6.45, 7) is 13.6. The van der Waals surface area contributed by atoms with Gasteiger partial charge in [0.25, 0.3) is 0 Å². The van der Waals surface area contributed by atoms with Gasteiger partial charge in [0.1, 0.15) is 0 Å². The molecule has 0 fully saturated rings. The lowest BCUT2D eigenvalue weighted by Gasteiger charge is -2.17. The Kier molecular flexibility index (Phi) is 9.21. The topological polar surface area (TPSA) is 0 Å². The molecular formula is C24H34Cl2. The van der Waals surface area contributed by atoms with E-state index in [4.69, 9.17) is 23.2 Å². The van der Waals surface area contributed by atoms with Crippen LogP contribution in [0.5, 0.6) is 0 Å². The number of halogens is 2. The molecule has 0 aliphatic rings. The van der Waals surface area contributed by atoms with Gasteiger partial charge in [-0.1, -0.05) is 89.0 Å². The van der Waals surface area contributed by atoms with Crippen molar-refractivity contribution in [2.24, 2.45) is 10.8 Å². The zero-order valence-electron chi connectivity index (χ0n) is 17.2. The predicted octanol–water partition coefficient (Wildman–Crippen LogP) is 8.64. The lowest BCUT2D eigenvalue weighted by atomic mass is 9.89. The first-order chi connectivity index (χ1) is 11.9. The zero-order chi connectivity index (χ0) is 19.8. The molecule has 0 heterocycles. The second-order valence-electron chi connectivity index (χ2n) is 9.38. The number of hydrogen-bond acceptors (Lipinski definition) is 0. The number of aryl methyl sites for hydroxylation is 2. The Morgan fingerprint density at radius 2 is 1.12 bits per heavy atom. The summed E-state index contributed by atoms with van der Waals surface area (Å²) in [6, 6.07) is 16.2. The van der Waals surface area contributed by atoms with Crippen LogP contribution in [0.1, 0.15) is 65.5 Å². The Hall–Kier alpha value is -0.980. The zero-order valence-corrected chi connectivity index (χ0v) is 18.7. The minimum atomic E-state index is 0.405. The monoisotopic (exact) mass is 392 g/mol. The fourth-order valence-electron chi connectivity index (χ4n) is 2.38. The van der Waals surface area contributed by atoms with Crippen molar-refractivity contribution in [3.8, 4) is 0 Å². The van der Waals surface area contributed by atoms with Gasteiger partial charge in [0.15, 0.2) is 0 Å². The van der Waals surface area contributed by atoms with E-state index < -0.39 is 0 Å². The van der Waals surface area contributed by atoms with Crippen molar-refractivity contribution in [1.82, 2.24) is 0 Å². The maximum Gasteiger partial charge on any atom is 0.0408 e. The van der Waals surface area contributed by atoms with E-state index in [0.29, 0.717) is 10.8 Å². The van der Waals surface area contributed by atoms with Gasteiger partial charge in [0, 0.05) is 10.0 Å². The standard InChI is InChI=1S/2C12H17Cl/c1-12(2,3)9-8-10-4-6-11(13)7-5-10;1-12(2,3)8-7-10-5-4-6-11(13)9-10/h4-7H,8-9H2,1-3H3;4-6,9H,7-8H2,1-3H3. The Bertz CT molecular complexity index is 643. The first kappa shape index (κ1) is 23.1. The van der Waals surface area contributed by atoms with Gasteiger partial charge in [-0.2, -0.15) is 0 Å². The lowest BCUT2D eigenvalue weighted by Crippen LogP contribution is -2.06. The van der Waals surface area contributed by atoms with E-state index >= 15 is 0 Å². The summed E-state index contributed by atoms with van der Waals surface area (Å²) in [7, 11) is 0. The van der Waals surface area contributed by atoms with Crippen LogP contribution < -0.4 is 0 Å². The van der Waals surface area contributed by atoms with Gasteiger partial charge < -0.3 is 0 Å². The third-order valence-electron chi connectivity index (χ3n) is 4.13. The summed E-state index contributed by atoms with van der Waals surface area (Å²) < 4.78 is 0. The number of hydrogen-bond donors (Lipinski definition) is 0. The smallest absolute Gasteiger partial charge is 0.0408 e. The third-order valence-corrected chi connectivity index (χ3v) is 4.62. The van der Waals surface area contributed by atoms with Crippen LogP contribution in [0.3, 0.4) is 0 Å². The van der Waals surface area contributed by atoms with Gasteiger partial charge in [-0.15, -0.1) is 0 Å². The van der Waals surface area contributed by atoms with Gasteiger partial charge in [-0.3, -0.25) is 0 Å². The van der Waals surface area contributed by atoms with Crippen LogP contribution >= 0.6 is 23.2 Å². The van der Waals surface area contributed by atoms with Crippen LogP contribution in [0.4, 0.5) is 0 Å². The molecule has 0 unspecified atom stereocenters. The minimum Gasteiger partial charge on any atom is -0.0843 e. The summed E-state index contributed by atoms with van der Waals surface area (Å²) in [5.41, 5.74) is 3.53. The predicted molar refractivity (Wildman–Crippen MR) is 118 cm³/mol. The second-order valence-corrected chi connectivity index (χ2v) is 10.3. The van der Waals surface area contributed by atoms with E-state index in [1.165, 1.54) is 24.0 Å². The molecular weight excluding hydrogens is 359 g/mol. The maximum absolute atomic E-state index is 5.89. The van der Waals surface area contributed by atoms with Crippen molar-refractivity contribution in [2.45, 2.75) is 67.2 Å². The fraction of sp³-hybridized carbons (Fsp3) is 0.500. The average Bonchev–Trinajstić information content (AvgIpc) is 2.52. The molecule has 0 radical (unpaired) electrons. The molecule has 144 valence electrons. The van der Waals surface area contributed by atoms with Crippen molar-refractivity contribution >= 4 is 23.2 Å². The molecule has 0 aromatic heterocycles. The minimum absolute atomic E-state index is 0.405. The first-order valence-electron chi connectivity index (χ1n) is 9.43. The molecule has 2 heteroatoms. The molecule has 0 nitrogen and oxygen atoms in total. The van der Waals surface area contributed by atoms with Gasteiger partial charge >= 0.3 is 0 Å². The molecule has 0 aliphatic heterocycles. The van der Waals surface area contributed by atoms with Gasteiger partial charge in [0.05, 0.1) is 0 Å². The molecule has 2 aromatic carbocycles. The summed E-state index contributed by atoms with van der Waals surface area (Å²) in [5.74, 6) is 0. The van der Waals surface area contributed by atoms with Gasteiger partial charge in [-0.05, 0) is 71.9 Å². The van der Waals surface area contributed by atoms with Crippen molar-refractivity contribution in [2.75, 3.05) is 0 Å². The van der Waals surface area contributed by atoms with Crippen LogP contribution in [0.15, 0.2) is 48.5 Å². The Morgan fingerprint density at radius 3 is 1.58 bits per heavy atom. The summed E-state index contributed by atoms with van der Waals surface area (Å²) in [6.07, 6.45) is 4.67. The van der Waals surface area contributed by atoms with Crippen molar-refractivity contribution in [3.05, 3.63) is 69.7 Å². The molecule has 0 amide bonds. The molecule has 0 bridgehead atoms. The number of benzene rings is 2. The van der Waals surface area contributed by atoms with Crippen molar-refractivity contribution in [3.63, 3.8) is 0 Å². The van der Waals surface area contributed by atoms with Gasteiger partial charge in [-0.25, -0.2) is 0 Å². The van der Waals surface area contributed by atoms with Crippen LogP contribution in [0.2, 0.25) is 10.0 Å². The molecule has 0 aliphatic carbocycles. The summed E-state index contributed by atoms with van der Waals surface area (Å²) >= 11 is 11.7. The van der Waals surface area contributed by atoms with Crippen LogP contribution in [0, 0.1) is 10.8 Å². The van der Waals surface area contributed by atoms with E-state index in [2.05, 4.69) is 59.7 Å². The highest BCUT2D eigenvalue weighted by Gasteiger charge is 2.10. The van der Waals surface area contributed by atoms with E-state index in [1.54, 1.807) is 0 Å². The molecule has 26 heavy (non-hydrogen) atoms. The second kappa shape index (κ2) is 10.4. The van der Waals surface area contributed by atoms with Crippen LogP contribution in [0.25, 0.3) is 0 Å². The largest absolute Gasteiger partial charge is 0.0843 e. The lowest BCUT2D eigenvalue weighted by molar-refractivity contribution is 0.378. The maximum atomic E-state index is 5.89. The molecule has 0 saturated heterocycles. The molecule has 0 atom stereocenters. The third kappa shape index (κ3) is 11.6. The van der Waals surface area contributed by atoms with Crippen molar-refractivity contribution < 1.29 is 0 Å². The van der Waals surface area contributed by atoms with E-state index in [1.807, 2.05) is 30.3 Å². The Morgan fingerprint density at radius 1 is 0.615 bits per heavy atom. The van der Waals surface area contributed by atoms with Crippen LogP contribution in [-0.2, 0) is 12.8 Å². The molecule has 2 aromatic rings. The Labute approximate surface area is 170 Å². The van der Waals surface area contributed by atoms with E-state index in [0.717, 1.165) is 22.9 Å². The first-order valence-corrected chi connectivity index (χ1v) is 10.2. The van der Waals surface area contributed by atoms with Crippen LogP contribution in [-0.4, -0.2) is 0 Å². The highest BCUT2D eigenvalue weighted by atomic mass is 35.5. The molecule has 0 spiro atoms. The summed E-state index contributed by atoms with van der Waals surface area (Å²) in [4.78, 5) is 0. The van der Waals surface area contributed by atoms with E-state index in [9.17, 15) is 0 Å². The SMILES string of the molecule is CC(C)(C)CCc1ccc(Cl)cc1.CC(C)(C)CCc1cccc(Cl)c1. The normalized spacial score (nSPS) is 11.7. The Balaban J connectivity index is 0.000000260. The molecule has 2 rings (SSSR count). The summed E-state index contributed by atoms with van der Waals surface area (Å²) in [5, 5.41) is 1.66.